The van der Waals surface area contributed by atoms with Crippen molar-refractivity contribution in [3.05, 3.63) is 70.8 Å². The number of carboxylic acids is 1. The first-order chi connectivity index (χ1) is 23.7. The number of halogens is 7. The number of hydrogen-bond donors (Lipinski definition) is 1. The molecule has 2 saturated heterocycles. The molecular formula is C33H27F7N6O4. The lowest BCUT2D eigenvalue weighted by molar-refractivity contribution is -0.138. The number of nitrogens with zero attached hydrogens (tertiary/aromatic N) is 6. The standard InChI is InChI=1S/C33H27F7N6O4/c34-21-11-22(35)27(49-12-19-1-3-20(33(38,39)40)10-25(19)50-29(36)37)43-26(21)44-13-32(14-44)15-45(16-32)30-42-23-4-2-18(28(47)48)9-24(23)46(30)17-31(5-6-31)7-8-41/h1-4,9-11,29H,5-7,12-17H2,(H,47,48). The molecule has 1 aliphatic carbocycles. The van der Waals surface area contributed by atoms with Crippen LogP contribution < -0.4 is 19.3 Å². The number of rotatable bonds is 11. The summed E-state index contributed by atoms with van der Waals surface area (Å²) in [5, 5.41) is 18.9. The van der Waals surface area contributed by atoms with Gasteiger partial charge in [-0.2, -0.15) is 32.2 Å². The van der Waals surface area contributed by atoms with E-state index in [0.717, 1.165) is 18.9 Å². The van der Waals surface area contributed by atoms with Gasteiger partial charge in [0.1, 0.15) is 12.4 Å². The highest BCUT2D eigenvalue weighted by atomic mass is 19.4. The molecular weight excluding hydrogens is 677 g/mol. The summed E-state index contributed by atoms with van der Waals surface area (Å²) in [6.45, 7) is -1.90. The second-order valence-corrected chi connectivity index (χ2v) is 13.1. The maximum absolute atomic E-state index is 14.9. The molecule has 0 amide bonds. The van der Waals surface area contributed by atoms with Crippen LogP contribution in [0.5, 0.6) is 11.6 Å². The summed E-state index contributed by atoms with van der Waals surface area (Å²) in [6.07, 6.45) is -2.73. The SMILES string of the molecule is N#CCC1(Cn2c(N3CC4(CN(c5nc(OCc6ccc(C(F)(F)F)cc6OC(F)F)c(F)cc5F)C4)C3)nc3ccc(C(=O)O)cc32)CC1. The minimum Gasteiger partial charge on any atom is -0.478 e. The Morgan fingerprint density at radius 1 is 1.00 bits per heavy atom. The first-order valence-electron chi connectivity index (χ1n) is 15.4. The third-order valence-corrected chi connectivity index (χ3v) is 9.42. The number of imidazole rings is 1. The normalized spacial score (nSPS) is 17.4. The summed E-state index contributed by atoms with van der Waals surface area (Å²) in [4.78, 5) is 24.1. The van der Waals surface area contributed by atoms with Crippen molar-refractivity contribution in [1.82, 2.24) is 14.5 Å². The summed E-state index contributed by atoms with van der Waals surface area (Å²) in [5.74, 6) is -4.32. The largest absolute Gasteiger partial charge is 0.478 e. The lowest BCUT2D eigenvalue weighted by atomic mass is 9.73. The van der Waals surface area contributed by atoms with Crippen molar-refractivity contribution in [2.75, 3.05) is 36.0 Å². The molecule has 7 rings (SSSR count). The fraction of sp³-hybridized carbons (Fsp3) is 0.394. The van der Waals surface area contributed by atoms with Crippen LogP contribution in [0.25, 0.3) is 11.0 Å². The van der Waals surface area contributed by atoms with E-state index in [9.17, 15) is 45.9 Å². The monoisotopic (exact) mass is 704 g/mol. The van der Waals surface area contributed by atoms with Gasteiger partial charge in [-0.15, -0.1) is 0 Å². The van der Waals surface area contributed by atoms with Crippen LogP contribution >= 0.6 is 0 Å². The van der Waals surface area contributed by atoms with Crippen molar-refractivity contribution in [2.45, 2.75) is 45.2 Å². The second kappa shape index (κ2) is 12.0. The van der Waals surface area contributed by atoms with E-state index >= 15 is 0 Å². The van der Waals surface area contributed by atoms with Crippen molar-refractivity contribution < 1.29 is 50.1 Å². The Labute approximate surface area is 279 Å². The van der Waals surface area contributed by atoms with Gasteiger partial charge >= 0.3 is 18.8 Å². The lowest BCUT2D eigenvalue weighted by Gasteiger charge is -2.60. The van der Waals surface area contributed by atoms with Gasteiger partial charge in [-0.3, -0.25) is 0 Å². The van der Waals surface area contributed by atoms with E-state index in [0.29, 0.717) is 74.3 Å². The third-order valence-electron chi connectivity index (χ3n) is 9.42. The first-order valence-corrected chi connectivity index (χ1v) is 15.4. The van der Waals surface area contributed by atoms with Gasteiger partial charge in [0, 0.05) is 61.6 Å². The van der Waals surface area contributed by atoms with Gasteiger partial charge in [-0.25, -0.2) is 18.6 Å². The van der Waals surface area contributed by atoms with E-state index in [1.165, 1.54) is 6.07 Å². The summed E-state index contributed by atoms with van der Waals surface area (Å²) < 4.78 is 106. The quantitative estimate of drug-likeness (QED) is 0.172. The maximum atomic E-state index is 14.9. The Hall–Kier alpha value is -5.27. The van der Waals surface area contributed by atoms with Crippen molar-refractivity contribution in [3.63, 3.8) is 0 Å². The fourth-order valence-electron chi connectivity index (χ4n) is 6.69. The molecule has 0 unspecified atom stereocenters. The van der Waals surface area contributed by atoms with Crippen molar-refractivity contribution in [3.8, 4) is 17.7 Å². The average Bonchev–Trinajstić information content (AvgIpc) is 3.68. The fourth-order valence-corrected chi connectivity index (χ4v) is 6.69. The zero-order chi connectivity index (χ0) is 35.6. The third kappa shape index (κ3) is 6.18. The van der Waals surface area contributed by atoms with Crippen LogP contribution in [0.1, 0.15) is 40.7 Å². The first kappa shape index (κ1) is 33.2. The minimum absolute atomic E-state index is 0.114. The maximum Gasteiger partial charge on any atom is 0.416 e. The number of hydrogen-bond acceptors (Lipinski definition) is 8. The van der Waals surface area contributed by atoms with Crippen LogP contribution in [-0.4, -0.2) is 58.4 Å². The molecule has 3 fully saturated rings. The summed E-state index contributed by atoms with van der Waals surface area (Å²) in [5.41, 5.74) is -0.594. The molecule has 0 radical (unpaired) electrons. The van der Waals surface area contributed by atoms with E-state index in [2.05, 4.69) is 15.8 Å². The van der Waals surface area contributed by atoms with Gasteiger partial charge in [-0.1, -0.05) is 6.07 Å². The molecule has 3 aliphatic rings. The highest BCUT2D eigenvalue weighted by Crippen LogP contribution is 2.52. The van der Waals surface area contributed by atoms with Crippen LogP contribution in [0.2, 0.25) is 0 Å². The Bertz CT molecular complexity index is 2030. The number of ether oxygens (including phenoxy) is 2. The molecule has 0 atom stereocenters. The number of aromatic nitrogens is 3. The van der Waals surface area contributed by atoms with Crippen LogP contribution in [-0.2, 0) is 19.3 Å². The number of alkyl halides is 5. The van der Waals surface area contributed by atoms with Crippen LogP contribution in [0.3, 0.4) is 0 Å². The van der Waals surface area contributed by atoms with Crippen LogP contribution in [0.15, 0.2) is 42.5 Å². The van der Waals surface area contributed by atoms with Crippen molar-refractivity contribution >= 4 is 28.8 Å². The minimum atomic E-state index is -4.83. The molecule has 4 aromatic rings. The summed E-state index contributed by atoms with van der Waals surface area (Å²) in [7, 11) is 0. The van der Waals surface area contributed by atoms with Gasteiger partial charge in [0.05, 0.1) is 28.2 Å². The van der Waals surface area contributed by atoms with Gasteiger partial charge < -0.3 is 28.9 Å². The topological polar surface area (TPSA) is 117 Å². The van der Waals surface area contributed by atoms with Gasteiger partial charge in [0.2, 0.25) is 5.95 Å². The number of benzene rings is 2. The Kier molecular flexibility index (Phi) is 7.95. The number of carboxylic acid groups (broad SMARTS) is 1. The molecule has 2 aromatic heterocycles. The molecule has 0 bridgehead atoms. The Morgan fingerprint density at radius 3 is 2.36 bits per heavy atom. The number of aromatic carboxylic acids is 1. The van der Waals surface area contributed by atoms with E-state index < -0.39 is 54.2 Å². The molecule has 2 aliphatic heterocycles. The molecule has 2 aromatic carbocycles. The predicted octanol–water partition coefficient (Wildman–Crippen LogP) is 6.63. The second-order valence-electron chi connectivity index (χ2n) is 13.1. The zero-order valence-electron chi connectivity index (χ0n) is 26.0. The molecule has 50 heavy (non-hydrogen) atoms. The summed E-state index contributed by atoms with van der Waals surface area (Å²) >= 11 is 0. The molecule has 262 valence electrons. The lowest BCUT2D eigenvalue weighted by Crippen LogP contribution is -2.73. The van der Waals surface area contributed by atoms with E-state index in [1.54, 1.807) is 17.0 Å². The molecule has 1 N–H and O–H groups in total. The highest BCUT2D eigenvalue weighted by molar-refractivity contribution is 5.93. The number of anilines is 2. The smallest absolute Gasteiger partial charge is 0.416 e. The molecule has 17 heteroatoms. The average molecular weight is 705 g/mol. The number of fused-ring (bicyclic) bond motifs is 1. The van der Waals surface area contributed by atoms with Gasteiger partial charge in [0.25, 0.3) is 5.88 Å². The number of pyridine rings is 1. The van der Waals surface area contributed by atoms with Crippen molar-refractivity contribution in [2.24, 2.45) is 10.8 Å². The van der Waals surface area contributed by atoms with Gasteiger partial charge in [0.15, 0.2) is 17.5 Å². The van der Waals surface area contributed by atoms with E-state index in [4.69, 9.17) is 9.72 Å². The summed E-state index contributed by atoms with van der Waals surface area (Å²) in [6, 6.07) is 9.38. The molecule has 10 nitrogen and oxygen atoms in total. The predicted molar refractivity (Wildman–Crippen MR) is 162 cm³/mol. The Balaban J connectivity index is 1.06. The van der Waals surface area contributed by atoms with E-state index in [-0.39, 0.29) is 27.8 Å². The van der Waals surface area contributed by atoms with Gasteiger partial charge in [-0.05, 0) is 43.2 Å². The van der Waals surface area contributed by atoms with Crippen LogP contribution in [0.4, 0.5) is 42.5 Å². The van der Waals surface area contributed by atoms with Crippen LogP contribution in [0, 0.1) is 33.8 Å². The molecule has 1 spiro atoms. The number of carbonyl (C=O) groups is 1. The zero-order valence-corrected chi connectivity index (χ0v) is 26.0. The highest BCUT2D eigenvalue weighted by Gasteiger charge is 2.54. The molecule has 4 heterocycles. The Morgan fingerprint density at radius 2 is 1.72 bits per heavy atom. The number of nitriles is 1. The molecule has 1 saturated carbocycles. The van der Waals surface area contributed by atoms with Crippen molar-refractivity contribution in [1.29, 1.82) is 5.26 Å². The van der Waals surface area contributed by atoms with E-state index in [1.807, 2.05) is 9.47 Å².